The molecular weight excluding hydrogens is 387 g/mol. The average Bonchev–Trinajstić information content (AvgIpc) is 2.77. The zero-order chi connectivity index (χ0) is 18.8. The van der Waals surface area contributed by atoms with E-state index < -0.39 is 9.96 Å². The first-order valence-corrected chi connectivity index (χ1v) is 8.76. The Morgan fingerprint density at radius 3 is 2.36 bits per heavy atom. The number of anilines is 1. The molecule has 0 fully saturated rings. The topological polar surface area (TPSA) is 68.1 Å². The molecule has 2 aromatic rings. The van der Waals surface area contributed by atoms with Gasteiger partial charge in [-0.05, 0) is 19.1 Å². The fourth-order valence-electron chi connectivity index (χ4n) is 2.34. The quantitative estimate of drug-likeness (QED) is 0.593. The van der Waals surface area contributed by atoms with E-state index in [0.717, 1.165) is 0 Å². The lowest BCUT2D eigenvalue weighted by molar-refractivity contribution is -0.121. The highest BCUT2D eigenvalue weighted by molar-refractivity contribution is 6.68. The molecule has 1 heterocycles. The van der Waals surface area contributed by atoms with E-state index in [4.69, 9.17) is 34.8 Å². The number of rotatable bonds is 5. The Morgan fingerprint density at radius 2 is 1.84 bits per heavy atom. The Bertz CT molecular complexity index is 809. The van der Waals surface area contributed by atoms with Gasteiger partial charge in [-0.25, -0.2) is 4.68 Å². The Kier molecular flexibility index (Phi) is 6.08. The molecular formula is C16H19Cl3N4O2. The molecule has 0 saturated heterocycles. The number of nitrogens with one attached hydrogen (secondary N) is 2. The number of halogens is 3. The summed E-state index contributed by atoms with van der Waals surface area (Å²) in [7, 11) is 1.75. The van der Waals surface area contributed by atoms with Crippen LogP contribution in [0.4, 0.5) is 5.69 Å². The monoisotopic (exact) mass is 404 g/mol. The lowest BCUT2D eigenvalue weighted by Crippen LogP contribution is -2.49. The minimum absolute atomic E-state index is 0.223. The minimum atomic E-state index is -1.84. The van der Waals surface area contributed by atoms with Gasteiger partial charge in [-0.2, -0.15) is 0 Å². The van der Waals surface area contributed by atoms with Crippen molar-refractivity contribution in [2.24, 2.45) is 7.05 Å². The standard InChI is InChI=1S/C16H19Cl3N4O2/c1-4-12(24)20-15(16(17,18)19)21-13-10(2)22(3)23(14(13)25)11-8-6-5-7-9-11/h5-9,15,21H,4H2,1-3H3,(H,20,24)/t15-/m1/s1. The molecule has 1 aromatic carbocycles. The number of carbonyl (C=O) groups excluding carboxylic acids is 1. The van der Waals surface area contributed by atoms with Crippen LogP contribution in [0.2, 0.25) is 0 Å². The van der Waals surface area contributed by atoms with Crippen LogP contribution >= 0.6 is 34.8 Å². The van der Waals surface area contributed by atoms with Gasteiger partial charge in [-0.15, -0.1) is 0 Å². The maximum atomic E-state index is 12.9. The lowest BCUT2D eigenvalue weighted by atomic mass is 10.3. The first-order chi connectivity index (χ1) is 11.7. The molecule has 6 nitrogen and oxygen atoms in total. The van der Waals surface area contributed by atoms with E-state index in [1.54, 1.807) is 25.6 Å². The van der Waals surface area contributed by atoms with E-state index in [1.165, 1.54) is 4.68 Å². The number of hydrogen-bond acceptors (Lipinski definition) is 3. The van der Waals surface area contributed by atoms with Gasteiger partial charge in [0.1, 0.15) is 11.9 Å². The highest BCUT2D eigenvalue weighted by Gasteiger charge is 2.35. The molecule has 0 unspecified atom stereocenters. The summed E-state index contributed by atoms with van der Waals surface area (Å²) in [5.74, 6) is -0.305. The number of carbonyl (C=O) groups is 1. The van der Waals surface area contributed by atoms with Crippen LogP contribution in [0.15, 0.2) is 35.1 Å². The van der Waals surface area contributed by atoms with Crippen molar-refractivity contribution < 1.29 is 4.79 Å². The van der Waals surface area contributed by atoms with Gasteiger partial charge >= 0.3 is 0 Å². The van der Waals surface area contributed by atoms with Crippen LogP contribution in [-0.4, -0.2) is 25.2 Å². The van der Waals surface area contributed by atoms with Crippen LogP contribution in [0.3, 0.4) is 0 Å². The smallest absolute Gasteiger partial charge is 0.295 e. The third kappa shape index (κ3) is 4.32. The largest absolute Gasteiger partial charge is 0.356 e. The van der Waals surface area contributed by atoms with E-state index in [0.29, 0.717) is 11.4 Å². The summed E-state index contributed by atoms with van der Waals surface area (Å²) in [6, 6.07) is 9.17. The van der Waals surface area contributed by atoms with Crippen LogP contribution in [0.25, 0.3) is 5.69 Å². The number of alkyl halides is 3. The van der Waals surface area contributed by atoms with E-state index in [9.17, 15) is 9.59 Å². The zero-order valence-electron chi connectivity index (χ0n) is 14.0. The van der Waals surface area contributed by atoms with Crippen LogP contribution in [0.5, 0.6) is 0 Å². The SMILES string of the molecule is CCC(=O)N[C@H](Nc1c(C)n(C)n(-c2ccccc2)c1=O)C(Cl)(Cl)Cl. The molecule has 136 valence electrons. The first-order valence-electron chi connectivity index (χ1n) is 7.63. The van der Waals surface area contributed by atoms with E-state index in [1.807, 2.05) is 30.3 Å². The van der Waals surface area contributed by atoms with Crippen molar-refractivity contribution in [3.8, 4) is 5.69 Å². The zero-order valence-corrected chi connectivity index (χ0v) is 16.3. The summed E-state index contributed by atoms with van der Waals surface area (Å²) < 4.78 is 1.35. The summed E-state index contributed by atoms with van der Waals surface area (Å²) in [6.45, 7) is 3.45. The second kappa shape index (κ2) is 7.72. The van der Waals surface area contributed by atoms with Gasteiger partial charge in [0.25, 0.3) is 5.56 Å². The number of nitrogens with zero attached hydrogens (tertiary/aromatic N) is 2. The lowest BCUT2D eigenvalue weighted by Gasteiger charge is -2.26. The molecule has 1 amide bonds. The van der Waals surface area contributed by atoms with Crippen molar-refractivity contribution in [1.82, 2.24) is 14.7 Å². The fourth-order valence-corrected chi connectivity index (χ4v) is 2.67. The van der Waals surface area contributed by atoms with Crippen molar-refractivity contribution >= 4 is 46.4 Å². The molecule has 0 bridgehead atoms. The summed E-state index contributed by atoms with van der Waals surface area (Å²) in [5, 5.41) is 5.44. The van der Waals surface area contributed by atoms with Crippen molar-refractivity contribution in [1.29, 1.82) is 0 Å². The predicted molar refractivity (Wildman–Crippen MR) is 102 cm³/mol. The molecule has 0 radical (unpaired) electrons. The van der Waals surface area contributed by atoms with Crippen LogP contribution in [0.1, 0.15) is 19.0 Å². The van der Waals surface area contributed by atoms with E-state index >= 15 is 0 Å². The summed E-state index contributed by atoms with van der Waals surface area (Å²) in [6.07, 6.45) is -0.830. The highest BCUT2D eigenvalue weighted by atomic mass is 35.6. The summed E-state index contributed by atoms with van der Waals surface area (Å²) in [4.78, 5) is 24.6. The third-order valence-corrected chi connectivity index (χ3v) is 4.45. The molecule has 0 aliphatic heterocycles. The fraction of sp³-hybridized carbons (Fsp3) is 0.375. The van der Waals surface area contributed by atoms with Crippen LogP contribution in [-0.2, 0) is 11.8 Å². The van der Waals surface area contributed by atoms with Gasteiger partial charge in [0, 0.05) is 13.5 Å². The van der Waals surface area contributed by atoms with E-state index in [2.05, 4.69) is 10.6 Å². The number of hydrogen-bond donors (Lipinski definition) is 2. The first kappa shape index (κ1) is 19.7. The van der Waals surface area contributed by atoms with Gasteiger partial charge < -0.3 is 10.6 Å². The maximum Gasteiger partial charge on any atom is 0.295 e. The van der Waals surface area contributed by atoms with Crippen molar-refractivity contribution in [2.45, 2.75) is 30.2 Å². The summed E-state index contributed by atoms with van der Waals surface area (Å²) in [5.41, 5.74) is 1.28. The molecule has 0 aliphatic carbocycles. The molecule has 1 aromatic heterocycles. The van der Waals surface area contributed by atoms with Crippen LogP contribution < -0.4 is 16.2 Å². The van der Waals surface area contributed by atoms with Crippen molar-refractivity contribution in [2.75, 3.05) is 5.32 Å². The Hall–Kier alpha value is -1.63. The molecule has 25 heavy (non-hydrogen) atoms. The van der Waals surface area contributed by atoms with Gasteiger partial charge in [0.05, 0.1) is 11.4 Å². The molecule has 2 N–H and O–H groups in total. The third-order valence-electron chi connectivity index (χ3n) is 3.80. The molecule has 0 saturated carbocycles. The van der Waals surface area contributed by atoms with Gasteiger partial charge in [0.15, 0.2) is 0 Å². The number of amides is 1. The van der Waals surface area contributed by atoms with Gasteiger partial charge in [-0.1, -0.05) is 59.9 Å². The molecule has 0 aliphatic rings. The average molecular weight is 406 g/mol. The maximum absolute atomic E-state index is 12.9. The summed E-state index contributed by atoms with van der Waals surface area (Å²) >= 11 is 17.9. The minimum Gasteiger partial charge on any atom is -0.356 e. The Labute approximate surface area is 160 Å². The van der Waals surface area contributed by atoms with E-state index in [-0.39, 0.29) is 23.6 Å². The Morgan fingerprint density at radius 1 is 1.24 bits per heavy atom. The van der Waals surface area contributed by atoms with Crippen LogP contribution in [0, 0.1) is 6.92 Å². The highest BCUT2D eigenvalue weighted by Crippen LogP contribution is 2.31. The van der Waals surface area contributed by atoms with Gasteiger partial charge in [-0.3, -0.25) is 14.3 Å². The predicted octanol–water partition coefficient (Wildman–Crippen LogP) is 3.12. The van der Waals surface area contributed by atoms with Crippen molar-refractivity contribution in [3.63, 3.8) is 0 Å². The second-order valence-electron chi connectivity index (χ2n) is 5.48. The van der Waals surface area contributed by atoms with Gasteiger partial charge in [0.2, 0.25) is 9.70 Å². The van der Waals surface area contributed by atoms with Crippen molar-refractivity contribution in [3.05, 3.63) is 46.4 Å². The number of para-hydroxylation sites is 1. The second-order valence-corrected chi connectivity index (χ2v) is 7.85. The molecule has 9 heteroatoms. The number of benzene rings is 1. The Balaban J connectivity index is 2.46. The molecule has 0 spiro atoms. The normalized spacial score (nSPS) is 12.7. The molecule has 2 rings (SSSR count). The molecule has 1 atom stereocenters. The number of aromatic nitrogens is 2.